The molecule has 0 atom stereocenters. The number of hydrogen-bond acceptors (Lipinski definition) is 12. The van der Waals surface area contributed by atoms with Gasteiger partial charge in [-0.15, -0.1) is 0 Å². The zero-order valence-corrected chi connectivity index (χ0v) is 17.3. The summed E-state index contributed by atoms with van der Waals surface area (Å²) in [6, 6.07) is 12.9. The van der Waals surface area contributed by atoms with E-state index in [0.29, 0.717) is 0 Å². The molecule has 2 amide bonds. The van der Waals surface area contributed by atoms with Crippen LogP contribution in [0.25, 0.3) is 0 Å². The number of phenolic OH excluding ortho intramolecular Hbond substituents is 1. The molecule has 0 spiro atoms. The first-order valence-electron chi connectivity index (χ1n) is 8.15. The van der Waals surface area contributed by atoms with Crippen LogP contribution < -0.4 is 32.9 Å². The third-order valence-electron chi connectivity index (χ3n) is 2.77. The van der Waals surface area contributed by atoms with Crippen LogP contribution in [-0.2, 0) is 14.9 Å². The van der Waals surface area contributed by atoms with Crippen molar-refractivity contribution in [3.8, 4) is 11.5 Å². The normalized spacial score (nSPS) is 9.38. The van der Waals surface area contributed by atoms with E-state index in [1.807, 2.05) is 6.79 Å². The molecule has 3 aromatic rings. The Bertz CT molecular complexity index is 1040. The number of anilines is 3. The molecule has 14 nitrogen and oxygen atoms in total. The van der Waals surface area contributed by atoms with Gasteiger partial charge >= 0.3 is 16.1 Å². The summed E-state index contributed by atoms with van der Waals surface area (Å²) in [5, 5.41) is 9.46. The number of rotatable bonds is 3. The molecule has 11 N–H and O–H groups in total. The van der Waals surface area contributed by atoms with Crippen molar-refractivity contribution in [2.75, 3.05) is 17.2 Å². The lowest BCUT2D eigenvalue weighted by Crippen LogP contribution is -2.18. The lowest BCUT2D eigenvalue weighted by Gasteiger charge is -2.07. The number of phenols is 1. The molecule has 2 aromatic carbocycles. The van der Waals surface area contributed by atoms with Crippen LogP contribution in [0.4, 0.5) is 22.6 Å². The third kappa shape index (κ3) is 10.8. The second-order valence-electron chi connectivity index (χ2n) is 5.13. The highest BCUT2D eigenvalue weighted by Crippen LogP contribution is 2.25. The largest absolute Gasteiger partial charge is 0.506 e. The minimum atomic E-state index is -3.99. The van der Waals surface area contributed by atoms with Gasteiger partial charge in [-0.1, -0.05) is 30.3 Å². The van der Waals surface area contributed by atoms with Crippen LogP contribution in [0.2, 0.25) is 0 Å². The molecule has 0 saturated heterocycles. The van der Waals surface area contributed by atoms with E-state index in [0.717, 1.165) is 0 Å². The number of aromatic nitrogens is 3. The summed E-state index contributed by atoms with van der Waals surface area (Å²) in [6.07, 6.45) is 0. The molecule has 0 saturated carbocycles. The van der Waals surface area contributed by atoms with Gasteiger partial charge in [-0.2, -0.15) is 23.4 Å². The van der Waals surface area contributed by atoms with Crippen molar-refractivity contribution in [2.24, 2.45) is 11.5 Å². The van der Waals surface area contributed by atoms with Crippen LogP contribution in [0.5, 0.6) is 11.5 Å². The Labute approximate surface area is 183 Å². The summed E-state index contributed by atoms with van der Waals surface area (Å²) in [5.74, 6) is -0.000755. The zero-order chi connectivity index (χ0) is 24.7. The number of aromatic hydroxyl groups is 1. The number of hydrogen-bond donors (Lipinski definition) is 6. The molecule has 0 aliphatic rings. The Morgan fingerprint density at radius 2 is 1.19 bits per heavy atom. The Kier molecular flexibility index (Phi) is 11.6. The Balaban J connectivity index is 0.000000537. The molecule has 15 heteroatoms. The predicted octanol–water partition coefficient (Wildman–Crippen LogP) is -0.383. The van der Waals surface area contributed by atoms with Crippen molar-refractivity contribution in [3.05, 3.63) is 54.6 Å². The smallest absolute Gasteiger partial charge is 0.342 e. The SMILES string of the molecule is C=O.NC(N)=O.Nc1nc(N)nc(N)n1.O=S(=O)(Oc1ccccc1)c1ccccc1O. The highest BCUT2D eigenvalue weighted by atomic mass is 32.2. The summed E-state index contributed by atoms with van der Waals surface area (Å²) in [4.78, 5) is 27.2. The van der Waals surface area contributed by atoms with E-state index in [1.54, 1.807) is 18.2 Å². The number of para-hydroxylation sites is 2. The first-order valence-corrected chi connectivity index (χ1v) is 9.56. The standard InChI is InChI=1S/C12H10O4S.C3H6N6.CH4N2O.CH2O/c13-11-8-4-5-9-12(11)17(14,15)16-10-6-2-1-3-7-10;4-1-7-2(5)9-3(6)8-1;2-1(3)4;1-2/h1-9,13H;(H6,4,5,6,7,8,9);(H4,2,3,4);1H2. The summed E-state index contributed by atoms with van der Waals surface area (Å²) in [7, 11) is -3.99. The van der Waals surface area contributed by atoms with Crippen LogP contribution in [0.3, 0.4) is 0 Å². The molecule has 1 aromatic heterocycles. The van der Waals surface area contributed by atoms with Crippen LogP contribution in [0, 0.1) is 0 Å². The number of benzene rings is 2. The molecule has 0 aliphatic heterocycles. The second-order valence-corrected chi connectivity index (χ2v) is 6.65. The molecule has 0 aliphatic carbocycles. The fraction of sp³-hybridized carbons (Fsp3) is 0. The molecule has 0 unspecified atom stereocenters. The van der Waals surface area contributed by atoms with E-state index in [2.05, 4.69) is 26.4 Å². The van der Waals surface area contributed by atoms with Gasteiger partial charge in [0.25, 0.3) is 0 Å². The molecule has 1 heterocycles. The van der Waals surface area contributed by atoms with Crippen molar-refractivity contribution >= 4 is 40.8 Å². The quantitative estimate of drug-likeness (QED) is 0.269. The van der Waals surface area contributed by atoms with Crippen LogP contribution in [-0.4, -0.2) is 41.3 Å². The number of amides is 2. The molecular weight excluding hydrogens is 444 g/mol. The maximum Gasteiger partial charge on any atom is 0.342 e. The molecule has 0 bridgehead atoms. The van der Waals surface area contributed by atoms with E-state index < -0.39 is 16.1 Å². The van der Waals surface area contributed by atoms with Gasteiger partial charge in [-0.3, -0.25) is 0 Å². The highest BCUT2D eigenvalue weighted by molar-refractivity contribution is 7.87. The molecule has 0 fully saturated rings. The second kappa shape index (κ2) is 13.5. The van der Waals surface area contributed by atoms with Gasteiger partial charge in [-0.25, -0.2) is 4.79 Å². The number of carbonyl (C=O) groups is 2. The van der Waals surface area contributed by atoms with Crippen molar-refractivity contribution in [2.45, 2.75) is 4.90 Å². The van der Waals surface area contributed by atoms with Gasteiger partial charge in [-0.05, 0) is 24.3 Å². The summed E-state index contributed by atoms with van der Waals surface area (Å²) < 4.78 is 28.6. The monoisotopic (exact) mass is 466 g/mol. The van der Waals surface area contributed by atoms with Gasteiger partial charge in [0.2, 0.25) is 17.8 Å². The van der Waals surface area contributed by atoms with E-state index in [-0.39, 0.29) is 34.2 Å². The van der Waals surface area contributed by atoms with Crippen molar-refractivity contribution in [1.29, 1.82) is 0 Å². The first-order chi connectivity index (χ1) is 15.0. The average Bonchev–Trinajstić information content (AvgIpc) is 2.69. The highest BCUT2D eigenvalue weighted by Gasteiger charge is 2.20. The Morgan fingerprint density at radius 1 is 0.812 bits per heavy atom. The van der Waals surface area contributed by atoms with Crippen molar-refractivity contribution in [3.63, 3.8) is 0 Å². The van der Waals surface area contributed by atoms with Crippen LogP contribution >= 0.6 is 0 Å². The minimum absolute atomic E-state index is 0.0417. The number of nitrogen functional groups attached to an aromatic ring is 3. The van der Waals surface area contributed by atoms with E-state index in [9.17, 15) is 13.5 Å². The average molecular weight is 466 g/mol. The number of primary amides is 2. The summed E-state index contributed by atoms with van der Waals surface area (Å²) in [5.41, 5.74) is 23.9. The van der Waals surface area contributed by atoms with Crippen molar-refractivity contribution in [1.82, 2.24) is 15.0 Å². The third-order valence-corrected chi connectivity index (χ3v) is 4.07. The van der Waals surface area contributed by atoms with Gasteiger partial charge in [0.05, 0.1) is 0 Å². The van der Waals surface area contributed by atoms with E-state index in [4.69, 9.17) is 31.0 Å². The van der Waals surface area contributed by atoms with Crippen LogP contribution in [0.1, 0.15) is 0 Å². The summed E-state index contributed by atoms with van der Waals surface area (Å²) >= 11 is 0. The molecule has 32 heavy (non-hydrogen) atoms. The fourth-order valence-electron chi connectivity index (χ4n) is 1.74. The number of urea groups is 1. The van der Waals surface area contributed by atoms with Crippen molar-refractivity contribution < 1.29 is 27.3 Å². The van der Waals surface area contributed by atoms with Gasteiger partial charge in [0, 0.05) is 0 Å². The molecule has 0 radical (unpaired) electrons. The number of nitrogens with two attached hydrogens (primary N) is 5. The minimum Gasteiger partial charge on any atom is -0.506 e. The van der Waals surface area contributed by atoms with Gasteiger partial charge in [0.1, 0.15) is 23.2 Å². The van der Waals surface area contributed by atoms with Gasteiger partial charge < -0.3 is 42.8 Å². The van der Waals surface area contributed by atoms with Crippen LogP contribution in [0.15, 0.2) is 59.5 Å². The molecule has 3 rings (SSSR count). The predicted molar refractivity (Wildman–Crippen MR) is 116 cm³/mol. The fourth-order valence-corrected chi connectivity index (χ4v) is 2.77. The Morgan fingerprint density at radius 3 is 1.59 bits per heavy atom. The summed E-state index contributed by atoms with van der Waals surface area (Å²) in [6.45, 7) is 2.00. The lowest BCUT2D eigenvalue weighted by atomic mass is 10.3. The topological polar surface area (TPSA) is 267 Å². The van der Waals surface area contributed by atoms with E-state index in [1.165, 1.54) is 36.4 Å². The van der Waals surface area contributed by atoms with Gasteiger partial charge in [0.15, 0.2) is 0 Å². The zero-order valence-electron chi connectivity index (χ0n) is 16.5. The molecule has 172 valence electrons. The maximum absolute atomic E-state index is 11.8. The lowest BCUT2D eigenvalue weighted by molar-refractivity contribution is -0.0980. The first kappa shape index (κ1) is 27.3. The van der Waals surface area contributed by atoms with E-state index >= 15 is 0 Å². The molecular formula is C17H22N8O6S. The number of nitrogens with zero attached hydrogens (tertiary/aromatic N) is 3. The Hall–Kier alpha value is -4.66. The maximum atomic E-state index is 11.8. The number of carbonyl (C=O) groups excluding carboxylic acids is 2.